The van der Waals surface area contributed by atoms with Gasteiger partial charge in [-0.2, -0.15) is 0 Å². The van der Waals surface area contributed by atoms with Crippen LogP contribution in [0.5, 0.6) is 0 Å². The second-order valence-electron chi connectivity index (χ2n) is 9.62. The summed E-state index contributed by atoms with van der Waals surface area (Å²) < 4.78 is 26.3. The number of hydrogen-bond acceptors (Lipinski definition) is 9. The van der Waals surface area contributed by atoms with Crippen LogP contribution in [0.3, 0.4) is 0 Å². The minimum Gasteiger partial charge on any atom is -0.463 e. The van der Waals surface area contributed by atoms with Gasteiger partial charge in [-0.15, -0.1) is 0 Å². The van der Waals surface area contributed by atoms with E-state index in [1.165, 1.54) is 12.1 Å². The number of carbonyl (C=O) groups is 4. The average Bonchev–Trinajstić information content (AvgIpc) is 3.59. The van der Waals surface area contributed by atoms with E-state index in [4.69, 9.17) is 23.4 Å². The molecule has 1 aliphatic rings. The van der Waals surface area contributed by atoms with Gasteiger partial charge in [-0.05, 0) is 49.7 Å². The van der Waals surface area contributed by atoms with Crippen LogP contribution in [0.25, 0.3) is 0 Å². The molecule has 1 aromatic rings. The van der Waals surface area contributed by atoms with Crippen LogP contribution in [0.2, 0.25) is 0 Å². The van der Waals surface area contributed by atoms with Crippen LogP contribution in [0, 0.1) is 11.8 Å². The Balaban J connectivity index is 1.79. The SMILES string of the molecule is CCCCC(CC)COC(=O)c1ccc(C(=O)OC(=O)C2CCC(C(=O)OCC(CC)CCCC)O2)o1. The van der Waals surface area contributed by atoms with Crippen molar-refractivity contribution in [3.05, 3.63) is 23.7 Å². The summed E-state index contributed by atoms with van der Waals surface area (Å²) in [5.74, 6) is -3.03. The molecule has 1 aromatic heterocycles. The van der Waals surface area contributed by atoms with E-state index in [1.54, 1.807) is 0 Å². The predicted molar refractivity (Wildman–Crippen MR) is 135 cm³/mol. The van der Waals surface area contributed by atoms with Crippen molar-refractivity contribution in [2.75, 3.05) is 13.2 Å². The van der Waals surface area contributed by atoms with Gasteiger partial charge in [0.05, 0.1) is 13.2 Å². The lowest BCUT2D eigenvalue weighted by molar-refractivity contribution is -0.163. The Hall–Kier alpha value is -2.68. The Bertz CT molecular complexity index is 875. The van der Waals surface area contributed by atoms with Gasteiger partial charge in [0.1, 0.15) is 0 Å². The molecule has 4 unspecified atom stereocenters. The summed E-state index contributed by atoms with van der Waals surface area (Å²) in [6.07, 6.45) is 6.67. The van der Waals surface area contributed by atoms with Crippen molar-refractivity contribution < 1.29 is 42.5 Å². The van der Waals surface area contributed by atoms with E-state index in [9.17, 15) is 19.2 Å². The van der Waals surface area contributed by atoms with Crippen LogP contribution in [-0.4, -0.2) is 49.3 Å². The molecule has 0 aromatic carbocycles. The van der Waals surface area contributed by atoms with E-state index >= 15 is 0 Å². The summed E-state index contributed by atoms with van der Waals surface area (Å²) in [6.45, 7) is 8.92. The number of ether oxygens (including phenoxy) is 4. The highest BCUT2D eigenvalue weighted by Crippen LogP contribution is 2.23. The molecular formula is C28H42O9. The molecule has 4 atom stereocenters. The van der Waals surface area contributed by atoms with Crippen molar-refractivity contribution in [3.8, 4) is 0 Å². The first-order valence-corrected chi connectivity index (χ1v) is 13.7. The van der Waals surface area contributed by atoms with Crippen LogP contribution in [0.4, 0.5) is 0 Å². The van der Waals surface area contributed by atoms with E-state index < -0.39 is 36.1 Å². The largest absolute Gasteiger partial charge is 0.463 e. The lowest BCUT2D eigenvalue weighted by atomic mass is 10.0. The van der Waals surface area contributed by atoms with E-state index in [-0.39, 0.29) is 30.5 Å². The van der Waals surface area contributed by atoms with Gasteiger partial charge in [-0.1, -0.05) is 66.2 Å². The summed E-state index contributed by atoms with van der Waals surface area (Å²) in [6, 6.07) is 2.55. The topological polar surface area (TPSA) is 118 Å². The monoisotopic (exact) mass is 522 g/mol. The molecule has 9 heteroatoms. The second kappa shape index (κ2) is 16.2. The first-order valence-electron chi connectivity index (χ1n) is 13.7. The molecule has 2 rings (SSSR count). The molecule has 2 heterocycles. The zero-order valence-electron chi connectivity index (χ0n) is 22.6. The Morgan fingerprint density at radius 3 is 1.84 bits per heavy atom. The zero-order chi connectivity index (χ0) is 27.2. The smallest absolute Gasteiger partial charge is 0.381 e. The third-order valence-electron chi connectivity index (χ3n) is 6.74. The minimum absolute atomic E-state index is 0.144. The molecular weight excluding hydrogens is 480 g/mol. The highest BCUT2D eigenvalue weighted by atomic mass is 16.6. The molecule has 0 N–H and O–H groups in total. The molecule has 9 nitrogen and oxygen atoms in total. The summed E-state index contributed by atoms with van der Waals surface area (Å²) in [5, 5.41) is 0. The number of furan rings is 1. The number of esters is 4. The maximum atomic E-state index is 12.4. The fraction of sp³-hybridized carbons (Fsp3) is 0.714. The first kappa shape index (κ1) is 30.5. The first-order chi connectivity index (χ1) is 17.8. The number of hydrogen-bond donors (Lipinski definition) is 0. The van der Waals surface area contributed by atoms with E-state index in [2.05, 4.69) is 20.8 Å². The molecule has 0 amide bonds. The van der Waals surface area contributed by atoms with Gasteiger partial charge in [0.15, 0.2) is 12.2 Å². The maximum absolute atomic E-state index is 12.4. The Kier molecular flexibility index (Phi) is 13.4. The quantitative estimate of drug-likeness (QED) is 0.154. The lowest BCUT2D eigenvalue weighted by Gasteiger charge is -2.17. The maximum Gasteiger partial charge on any atom is 0.381 e. The van der Waals surface area contributed by atoms with Gasteiger partial charge >= 0.3 is 23.9 Å². The molecule has 208 valence electrons. The standard InChI is InChI=1S/C28H42O9/c1-5-9-11-19(7-3)17-33-25(29)21-13-15-23(35-21)27(31)37-28(32)24-16-14-22(36-24)26(30)34-18-20(8-4)12-10-6-2/h13,15,19-20,22,24H,5-12,14,16-18H2,1-4H3. The summed E-state index contributed by atoms with van der Waals surface area (Å²) in [4.78, 5) is 49.4. The number of rotatable bonds is 16. The molecule has 37 heavy (non-hydrogen) atoms. The summed E-state index contributed by atoms with van der Waals surface area (Å²) in [5.41, 5.74) is 0. The molecule has 0 radical (unpaired) electrons. The fourth-order valence-electron chi connectivity index (χ4n) is 4.10. The van der Waals surface area contributed by atoms with E-state index in [0.29, 0.717) is 18.9 Å². The van der Waals surface area contributed by atoms with Crippen LogP contribution in [0.15, 0.2) is 16.5 Å². The Morgan fingerprint density at radius 2 is 1.30 bits per heavy atom. The third-order valence-corrected chi connectivity index (χ3v) is 6.74. The lowest BCUT2D eigenvalue weighted by Crippen LogP contribution is -2.30. The van der Waals surface area contributed by atoms with Crippen molar-refractivity contribution in [3.63, 3.8) is 0 Å². The van der Waals surface area contributed by atoms with Crippen molar-refractivity contribution in [2.24, 2.45) is 11.8 Å². The van der Waals surface area contributed by atoms with Crippen molar-refractivity contribution in [2.45, 2.75) is 104 Å². The van der Waals surface area contributed by atoms with Crippen molar-refractivity contribution in [1.29, 1.82) is 0 Å². The molecule has 0 aliphatic carbocycles. The number of carbonyl (C=O) groups excluding carboxylic acids is 4. The molecule has 1 saturated heterocycles. The second-order valence-corrected chi connectivity index (χ2v) is 9.62. The van der Waals surface area contributed by atoms with Crippen molar-refractivity contribution in [1.82, 2.24) is 0 Å². The molecule has 0 spiro atoms. The highest BCUT2D eigenvalue weighted by Gasteiger charge is 2.38. The van der Waals surface area contributed by atoms with Gasteiger partial charge in [0, 0.05) is 0 Å². The molecule has 1 fully saturated rings. The third kappa shape index (κ3) is 9.95. The van der Waals surface area contributed by atoms with Gasteiger partial charge in [-0.3, -0.25) is 0 Å². The van der Waals surface area contributed by atoms with Crippen LogP contribution >= 0.6 is 0 Å². The Morgan fingerprint density at radius 1 is 0.784 bits per heavy atom. The van der Waals surface area contributed by atoms with Crippen LogP contribution < -0.4 is 0 Å². The minimum atomic E-state index is -1.06. The summed E-state index contributed by atoms with van der Waals surface area (Å²) >= 11 is 0. The van der Waals surface area contributed by atoms with Crippen molar-refractivity contribution >= 4 is 23.9 Å². The van der Waals surface area contributed by atoms with Gasteiger partial charge in [-0.25, -0.2) is 19.2 Å². The average molecular weight is 523 g/mol. The molecule has 0 bridgehead atoms. The van der Waals surface area contributed by atoms with E-state index in [1.807, 2.05) is 6.92 Å². The summed E-state index contributed by atoms with van der Waals surface area (Å²) in [7, 11) is 0. The van der Waals surface area contributed by atoms with Gasteiger partial charge in [0.2, 0.25) is 11.5 Å². The normalized spacial score (nSPS) is 18.7. The van der Waals surface area contributed by atoms with Crippen LogP contribution in [-0.2, 0) is 28.5 Å². The number of unbranched alkanes of at least 4 members (excludes halogenated alkanes) is 2. The Labute approximate surface area is 219 Å². The zero-order valence-corrected chi connectivity index (χ0v) is 22.6. The van der Waals surface area contributed by atoms with E-state index in [0.717, 1.165) is 51.4 Å². The van der Waals surface area contributed by atoms with Gasteiger partial charge in [0.25, 0.3) is 0 Å². The molecule has 1 aliphatic heterocycles. The highest BCUT2D eigenvalue weighted by molar-refractivity contribution is 5.97. The fourth-order valence-corrected chi connectivity index (χ4v) is 4.10. The van der Waals surface area contributed by atoms with Crippen LogP contribution in [0.1, 0.15) is 113 Å². The van der Waals surface area contributed by atoms with Gasteiger partial charge < -0.3 is 23.4 Å². The molecule has 0 saturated carbocycles. The predicted octanol–water partition coefficient (Wildman–Crippen LogP) is 5.64.